The Kier molecular flexibility index (Phi) is 7.86. The van der Waals surface area contributed by atoms with E-state index in [0.29, 0.717) is 34.1 Å². The fourth-order valence-electron chi connectivity index (χ4n) is 2.99. The predicted molar refractivity (Wildman–Crippen MR) is 124 cm³/mol. The molecule has 0 heterocycles. The molecule has 0 aliphatic heterocycles. The van der Waals surface area contributed by atoms with Crippen LogP contribution in [0.3, 0.4) is 0 Å². The zero-order valence-corrected chi connectivity index (χ0v) is 18.5. The first-order valence-electron chi connectivity index (χ1n) is 9.93. The number of methoxy groups -OCH3 is 3. The fourth-order valence-corrected chi connectivity index (χ4v) is 2.99. The van der Waals surface area contributed by atoms with Crippen molar-refractivity contribution in [2.75, 3.05) is 27.9 Å². The van der Waals surface area contributed by atoms with Crippen LogP contribution in [0.2, 0.25) is 0 Å². The Hall–Kier alpha value is -4.51. The molecule has 0 aliphatic carbocycles. The molecular weight excluding hydrogens is 422 g/mol. The summed E-state index contributed by atoms with van der Waals surface area (Å²) in [6.07, 6.45) is 1.43. The van der Waals surface area contributed by atoms with Crippen LogP contribution in [0, 0.1) is 11.3 Å². The van der Waals surface area contributed by atoms with E-state index < -0.39 is 5.91 Å². The standard InChI is InChI=1S/C25H23N3O5/c1-30-21-12-23(31-2)22(24(13-21)32-3)15-27-28-25(29)16-33-20-10-8-19(9-11-20)18-6-4-17(14-26)5-7-18/h4-13,15H,16H2,1-3H3,(H,28,29)/b27-15+. The second-order valence-electron chi connectivity index (χ2n) is 6.74. The molecular formula is C25H23N3O5. The molecule has 1 N–H and O–H groups in total. The van der Waals surface area contributed by atoms with Crippen LogP contribution in [-0.4, -0.2) is 40.1 Å². The molecule has 3 rings (SSSR count). The molecule has 3 aromatic rings. The van der Waals surface area contributed by atoms with Crippen LogP contribution in [0.1, 0.15) is 11.1 Å². The van der Waals surface area contributed by atoms with Crippen molar-refractivity contribution in [3.8, 4) is 40.2 Å². The molecule has 3 aromatic carbocycles. The number of hydrazone groups is 1. The van der Waals surface area contributed by atoms with Crippen molar-refractivity contribution in [2.24, 2.45) is 5.10 Å². The Morgan fingerprint density at radius 3 is 2.00 bits per heavy atom. The molecule has 0 atom stereocenters. The number of nitrogens with one attached hydrogen (secondary N) is 1. The zero-order chi connectivity index (χ0) is 23.6. The quantitative estimate of drug-likeness (QED) is 0.397. The maximum Gasteiger partial charge on any atom is 0.277 e. The monoisotopic (exact) mass is 445 g/mol. The number of carbonyl (C=O) groups excluding carboxylic acids is 1. The van der Waals surface area contributed by atoms with Crippen LogP contribution in [0.5, 0.6) is 23.0 Å². The van der Waals surface area contributed by atoms with E-state index in [2.05, 4.69) is 16.6 Å². The minimum absolute atomic E-state index is 0.204. The number of carbonyl (C=O) groups is 1. The minimum Gasteiger partial charge on any atom is -0.496 e. The van der Waals surface area contributed by atoms with E-state index in [9.17, 15) is 4.79 Å². The van der Waals surface area contributed by atoms with Gasteiger partial charge in [-0.25, -0.2) is 5.43 Å². The van der Waals surface area contributed by atoms with Crippen molar-refractivity contribution in [3.05, 3.63) is 71.8 Å². The number of ether oxygens (including phenoxy) is 4. The van der Waals surface area contributed by atoms with Gasteiger partial charge in [-0.15, -0.1) is 0 Å². The highest BCUT2D eigenvalue weighted by atomic mass is 16.5. The van der Waals surface area contributed by atoms with Crippen LogP contribution in [0.15, 0.2) is 65.8 Å². The molecule has 0 saturated heterocycles. The summed E-state index contributed by atoms with van der Waals surface area (Å²) in [5.74, 6) is 1.67. The van der Waals surface area contributed by atoms with E-state index in [0.717, 1.165) is 11.1 Å². The fraction of sp³-hybridized carbons (Fsp3) is 0.160. The number of hydrogen-bond donors (Lipinski definition) is 1. The van der Waals surface area contributed by atoms with Crippen LogP contribution in [0.4, 0.5) is 0 Å². The molecule has 0 bridgehead atoms. The van der Waals surface area contributed by atoms with Gasteiger partial charge in [0, 0.05) is 12.1 Å². The summed E-state index contributed by atoms with van der Waals surface area (Å²) < 4.78 is 21.4. The molecule has 0 fully saturated rings. The predicted octanol–water partition coefficient (Wildman–Crippen LogP) is 3.78. The van der Waals surface area contributed by atoms with Gasteiger partial charge in [-0.05, 0) is 35.4 Å². The van der Waals surface area contributed by atoms with E-state index in [1.54, 1.807) is 43.5 Å². The van der Waals surface area contributed by atoms with E-state index in [1.807, 2.05) is 24.3 Å². The van der Waals surface area contributed by atoms with Crippen LogP contribution >= 0.6 is 0 Å². The van der Waals surface area contributed by atoms with E-state index in [1.165, 1.54) is 20.4 Å². The average Bonchev–Trinajstić information content (AvgIpc) is 2.87. The normalized spacial score (nSPS) is 10.4. The molecule has 8 nitrogen and oxygen atoms in total. The second-order valence-corrected chi connectivity index (χ2v) is 6.74. The smallest absolute Gasteiger partial charge is 0.277 e. The van der Waals surface area contributed by atoms with Gasteiger partial charge in [-0.3, -0.25) is 4.79 Å². The lowest BCUT2D eigenvalue weighted by atomic mass is 10.0. The van der Waals surface area contributed by atoms with Crippen molar-refractivity contribution >= 4 is 12.1 Å². The minimum atomic E-state index is -0.422. The number of nitrogens with zero attached hydrogens (tertiary/aromatic N) is 2. The van der Waals surface area contributed by atoms with Gasteiger partial charge in [0.15, 0.2) is 6.61 Å². The Morgan fingerprint density at radius 1 is 0.909 bits per heavy atom. The van der Waals surface area contributed by atoms with Crippen LogP contribution < -0.4 is 24.4 Å². The Bertz CT molecular complexity index is 1140. The van der Waals surface area contributed by atoms with Gasteiger partial charge >= 0.3 is 0 Å². The molecule has 168 valence electrons. The summed E-state index contributed by atoms with van der Waals surface area (Å²) in [5.41, 5.74) is 5.54. The third-order valence-electron chi connectivity index (χ3n) is 4.71. The lowest BCUT2D eigenvalue weighted by molar-refractivity contribution is -0.123. The highest BCUT2D eigenvalue weighted by Gasteiger charge is 2.12. The molecule has 0 aromatic heterocycles. The molecule has 8 heteroatoms. The lowest BCUT2D eigenvalue weighted by Crippen LogP contribution is -2.24. The number of rotatable bonds is 9. The van der Waals surface area contributed by atoms with Gasteiger partial charge in [0.1, 0.15) is 23.0 Å². The third kappa shape index (κ3) is 6.02. The summed E-state index contributed by atoms with van der Waals surface area (Å²) in [7, 11) is 4.58. The SMILES string of the molecule is COc1cc(OC)c(/C=N/NC(=O)COc2ccc(-c3ccc(C#N)cc3)cc2)c(OC)c1. The molecule has 0 aliphatic rings. The van der Waals surface area contributed by atoms with Crippen molar-refractivity contribution in [2.45, 2.75) is 0 Å². The van der Waals surface area contributed by atoms with Gasteiger partial charge in [0.2, 0.25) is 0 Å². The van der Waals surface area contributed by atoms with Crippen LogP contribution in [0.25, 0.3) is 11.1 Å². The van der Waals surface area contributed by atoms with Gasteiger partial charge in [-0.2, -0.15) is 10.4 Å². The van der Waals surface area contributed by atoms with Gasteiger partial charge < -0.3 is 18.9 Å². The van der Waals surface area contributed by atoms with Gasteiger partial charge in [0.05, 0.1) is 44.7 Å². The largest absolute Gasteiger partial charge is 0.496 e. The van der Waals surface area contributed by atoms with Gasteiger partial charge in [0.25, 0.3) is 5.91 Å². The number of amides is 1. The van der Waals surface area contributed by atoms with Crippen molar-refractivity contribution < 1.29 is 23.7 Å². The average molecular weight is 445 g/mol. The van der Waals surface area contributed by atoms with Crippen LogP contribution in [-0.2, 0) is 4.79 Å². The number of hydrogen-bond acceptors (Lipinski definition) is 7. The van der Waals surface area contributed by atoms with E-state index >= 15 is 0 Å². The van der Waals surface area contributed by atoms with Crippen molar-refractivity contribution in [1.29, 1.82) is 5.26 Å². The first-order valence-corrected chi connectivity index (χ1v) is 9.93. The summed E-state index contributed by atoms with van der Waals surface area (Å²) in [6.45, 7) is -0.204. The molecule has 0 radical (unpaired) electrons. The van der Waals surface area contributed by atoms with E-state index in [-0.39, 0.29) is 6.61 Å². The third-order valence-corrected chi connectivity index (χ3v) is 4.71. The van der Waals surface area contributed by atoms with E-state index in [4.69, 9.17) is 24.2 Å². The first kappa shape index (κ1) is 23.2. The maximum absolute atomic E-state index is 12.1. The molecule has 0 saturated carbocycles. The summed E-state index contributed by atoms with van der Waals surface area (Å²) >= 11 is 0. The molecule has 0 spiro atoms. The summed E-state index contributed by atoms with van der Waals surface area (Å²) in [6, 6.07) is 20.1. The number of benzene rings is 3. The zero-order valence-electron chi connectivity index (χ0n) is 18.5. The Balaban J connectivity index is 1.56. The maximum atomic E-state index is 12.1. The van der Waals surface area contributed by atoms with Crippen molar-refractivity contribution in [1.82, 2.24) is 5.43 Å². The molecule has 1 amide bonds. The summed E-state index contributed by atoms with van der Waals surface area (Å²) in [4.78, 5) is 12.1. The summed E-state index contributed by atoms with van der Waals surface area (Å²) in [5, 5.41) is 12.9. The topological polar surface area (TPSA) is 102 Å². The van der Waals surface area contributed by atoms with Gasteiger partial charge in [-0.1, -0.05) is 24.3 Å². The second kappa shape index (κ2) is 11.2. The lowest BCUT2D eigenvalue weighted by Gasteiger charge is -2.12. The number of nitriles is 1. The Morgan fingerprint density at radius 2 is 1.48 bits per heavy atom. The molecule has 33 heavy (non-hydrogen) atoms. The highest BCUT2D eigenvalue weighted by Crippen LogP contribution is 2.32. The first-order chi connectivity index (χ1) is 16.1. The molecule has 0 unspecified atom stereocenters. The van der Waals surface area contributed by atoms with Crippen molar-refractivity contribution in [3.63, 3.8) is 0 Å². The Labute approximate surface area is 192 Å². The highest BCUT2D eigenvalue weighted by molar-refractivity contribution is 5.89.